The van der Waals surface area contributed by atoms with Gasteiger partial charge in [-0.3, -0.25) is 0 Å². The maximum Gasteiger partial charge on any atom is 0.123 e. The third-order valence-corrected chi connectivity index (χ3v) is 4.77. The number of aryl methyl sites for hydroxylation is 1. The van der Waals surface area contributed by atoms with Crippen molar-refractivity contribution in [3.8, 4) is 0 Å². The van der Waals surface area contributed by atoms with Gasteiger partial charge < -0.3 is 10.1 Å². The number of rotatable bonds is 5. The van der Waals surface area contributed by atoms with E-state index in [0.717, 1.165) is 31.4 Å². The lowest BCUT2D eigenvalue weighted by atomic mass is 9.80. The molecule has 0 radical (unpaired) electrons. The average Bonchev–Trinajstić information content (AvgIpc) is 3.05. The number of nitrogens with one attached hydrogen (secondary N) is 1. The Bertz CT molecular complexity index is 476. The molecule has 1 aromatic carbocycles. The fourth-order valence-electron chi connectivity index (χ4n) is 3.77. The Balaban J connectivity index is 1.87. The number of halogens is 1. The highest BCUT2D eigenvalue weighted by atomic mass is 19.1. The van der Waals surface area contributed by atoms with E-state index in [4.69, 9.17) is 4.74 Å². The molecule has 4 unspecified atom stereocenters. The van der Waals surface area contributed by atoms with Gasteiger partial charge in [-0.2, -0.15) is 0 Å². The molecule has 0 spiro atoms. The van der Waals surface area contributed by atoms with Gasteiger partial charge in [0.1, 0.15) is 5.82 Å². The molecule has 110 valence electrons. The Morgan fingerprint density at radius 3 is 2.90 bits per heavy atom. The van der Waals surface area contributed by atoms with E-state index in [-0.39, 0.29) is 11.9 Å². The van der Waals surface area contributed by atoms with Crippen molar-refractivity contribution in [3.05, 3.63) is 35.1 Å². The second-order valence-corrected chi connectivity index (χ2v) is 6.21. The van der Waals surface area contributed by atoms with Gasteiger partial charge in [0.2, 0.25) is 0 Å². The summed E-state index contributed by atoms with van der Waals surface area (Å²) in [5.74, 6) is 0.346. The van der Waals surface area contributed by atoms with Crippen LogP contribution >= 0.6 is 0 Å². The molecule has 2 nitrogen and oxygen atoms in total. The first-order valence-electron chi connectivity index (χ1n) is 7.84. The summed E-state index contributed by atoms with van der Waals surface area (Å²) in [5, 5.41) is 3.63. The normalized spacial score (nSPS) is 29.9. The summed E-state index contributed by atoms with van der Waals surface area (Å²) in [6, 6.07) is 5.36. The Morgan fingerprint density at radius 1 is 1.40 bits per heavy atom. The number of hydrogen-bond donors (Lipinski definition) is 1. The third kappa shape index (κ3) is 2.61. The van der Waals surface area contributed by atoms with Crippen molar-refractivity contribution in [2.45, 2.75) is 57.8 Å². The van der Waals surface area contributed by atoms with Crippen LogP contribution in [0.4, 0.5) is 4.39 Å². The van der Waals surface area contributed by atoms with E-state index >= 15 is 0 Å². The van der Waals surface area contributed by atoms with Gasteiger partial charge in [0.25, 0.3) is 0 Å². The fraction of sp³-hybridized carbons (Fsp3) is 0.647. The van der Waals surface area contributed by atoms with Crippen molar-refractivity contribution in [2.75, 3.05) is 6.54 Å². The van der Waals surface area contributed by atoms with Gasteiger partial charge in [0.05, 0.1) is 12.2 Å². The van der Waals surface area contributed by atoms with Gasteiger partial charge in [-0.05, 0) is 62.4 Å². The van der Waals surface area contributed by atoms with Crippen LogP contribution in [0.1, 0.15) is 49.8 Å². The van der Waals surface area contributed by atoms with E-state index in [1.807, 2.05) is 6.07 Å². The molecule has 0 aromatic heterocycles. The van der Waals surface area contributed by atoms with Crippen LogP contribution in [-0.2, 0) is 4.74 Å². The highest BCUT2D eigenvalue weighted by Gasteiger charge is 2.44. The van der Waals surface area contributed by atoms with Crippen molar-refractivity contribution in [1.82, 2.24) is 5.32 Å². The van der Waals surface area contributed by atoms with E-state index in [2.05, 4.69) is 19.2 Å². The van der Waals surface area contributed by atoms with E-state index in [1.54, 1.807) is 12.1 Å². The maximum absolute atomic E-state index is 13.6. The molecule has 3 rings (SSSR count). The molecule has 20 heavy (non-hydrogen) atoms. The van der Waals surface area contributed by atoms with Crippen molar-refractivity contribution in [2.24, 2.45) is 5.92 Å². The summed E-state index contributed by atoms with van der Waals surface area (Å²) in [5.41, 5.74) is 2.28. The van der Waals surface area contributed by atoms with Gasteiger partial charge in [-0.25, -0.2) is 4.39 Å². The molecule has 1 N–H and O–H groups in total. The van der Waals surface area contributed by atoms with E-state index in [0.29, 0.717) is 18.1 Å². The second kappa shape index (κ2) is 5.82. The Kier molecular flexibility index (Phi) is 4.08. The Labute approximate surface area is 120 Å². The molecule has 2 aliphatic heterocycles. The molecule has 2 bridgehead atoms. The predicted molar refractivity (Wildman–Crippen MR) is 78.2 cm³/mol. The summed E-state index contributed by atoms with van der Waals surface area (Å²) >= 11 is 0. The lowest BCUT2D eigenvalue weighted by Crippen LogP contribution is -2.34. The lowest BCUT2D eigenvalue weighted by molar-refractivity contribution is 0.0856. The molecule has 1 aromatic rings. The number of hydrogen-bond acceptors (Lipinski definition) is 2. The van der Waals surface area contributed by atoms with Crippen molar-refractivity contribution < 1.29 is 9.13 Å². The Hall–Kier alpha value is -0.930. The van der Waals surface area contributed by atoms with Crippen LogP contribution in [0.25, 0.3) is 0 Å². The van der Waals surface area contributed by atoms with Crippen LogP contribution in [-0.4, -0.2) is 18.8 Å². The van der Waals surface area contributed by atoms with Crippen molar-refractivity contribution in [3.63, 3.8) is 0 Å². The van der Waals surface area contributed by atoms with Crippen LogP contribution in [0.3, 0.4) is 0 Å². The van der Waals surface area contributed by atoms with E-state index in [9.17, 15) is 4.39 Å². The molecular weight excluding hydrogens is 253 g/mol. The second-order valence-electron chi connectivity index (χ2n) is 6.21. The topological polar surface area (TPSA) is 21.3 Å². The summed E-state index contributed by atoms with van der Waals surface area (Å²) in [4.78, 5) is 0. The summed E-state index contributed by atoms with van der Waals surface area (Å²) in [7, 11) is 0. The van der Waals surface area contributed by atoms with Crippen molar-refractivity contribution in [1.29, 1.82) is 0 Å². The minimum Gasteiger partial charge on any atom is -0.375 e. The lowest BCUT2D eigenvalue weighted by Gasteiger charge is -2.31. The van der Waals surface area contributed by atoms with Crippen LogP contribution < -0.4 is 5.32 Å². The van der Waals surface area contributed by atoms with Gasteiger partial charge in [-0.1, -0.05) is 13.0 Å². The zero-order valence-electron chi connectivity index (χ0n) is 12.4. The molecule has 0 saturated carbocycles. The van der Waals surface area contributed by atoms with Gasteiger partial charge in [0.15, 0.2) is 0 Å². The van der Waals surface area contributed by atoms with Crippen LogP contribution in [0, 0.1) is 18.7 Å². The number of fused-ring (bicyclic) bond motifs is 2. The summed E-state index contributed by atoms with van der Waals surface area (Å²) in [6.07, 6.45) is 5.36. The molecule has 4 atom stereocenters. The molecule has 2 saturated heterocycles. The maximum atomic E-state index is 13.6. The van der Waals surface area contributed by atoms with Gasteiger partial charge in [0, 0.05) is 12.0 Å². The fourth-order valence-corrected chi connectivity index (χ4v) is 3.77. The quantitative estimate of drug-likeness (QED) is 0.885. The number of ether oxygens (including phenoxy) is 1. The average molecular weight is 277 g/mol. The summed E-state index contributed by atoms with van der Waals surface area (Å²) < 4.78 is 19.6. The Morgan fingerprint density at radius 2 is 2.25 bits per heavy atom. The monoisotopic (exact) mass is 277 g/mol. The molecule has 3 heteroatoms. The van der Waals surface area contributed by atoms with Crippen LogP contribution in [0.15, 0.2) is 18.2 Å². The van der Waals surface area contributed by atoms with Crippen molar-refractivity contribution >= 4 is 0 Å². The summed E-state index contributed by atoms with van der Waals surface area (Å²) in [6.45, 7) is 5.21. The molecule has 2 fully saturated rings. The minimum atomic E-state index is -0.141. The van der Waals surface area contributed by atoms with E-state index in [1.165, 1.54) is 12.0 Å². The van der Waals surface area contributed by atoms with Crippen LogP contribution in [0.2, 0.25) is 0 Å². The predicted octanol–water partition coefficient (Wildman–Crippen LogP) is 3.74. The zero-order chi connectivity index (χ0) is 14.1. The third-order valence-electron chi connectivity index (χ3n) is 4.77. The molecular formula is C17H24FNO. The highest BCUT2D eigenvalue weighted by Crippen LogP contribution is 2.45. The molecule has 2 heterocycles. The molecule has 2 aliphatic rings. The minimum absolute atomic E-state index is 0.141. The first kappa shape index (κ1) is 14.0. The smallest absolute Gasteiger partial charge is 0.123 e. The van der Waals surface area contributed by atoms with Gasteiger partial charge in [-0.15, -0.1) is 0 Å². The zero-order valence-corrected chi connectivity index (χ0v) is 12.4. The number of benzene rings is 1. The largest absolute Gasteiger partial charge is 0.375 e. The highest BCUT2D eigenvalue weighted by molar-refractivity contribution is 5.31. The first-order valence-corrected chi connectivity index (χ1v) is 7.84. The molecule has 0 aliphatic carbocycles. The van der Waals surface area contributed by atoms with Gasteiger partial charge >= 0.3 is 0 Å². The molecule has 0 amide bonds. The first-order chi connectivity index (χ1) is 9.69. The van der Waals surface area contributed by atoms with Crippen LogP contribution in [0.5, 0.6) is 0 Å². The SMILES string of the molecule is CCCNC(c1cc(F)ccc1C)C1CC2CCC1O2. The van der Waals surface area contributed by atoms with E-state index < -0.39 is 0 Å². The standard InChI is InChI=1S/C17H24FNO/c1-3-8-19-17(14-9-12(18)5-4-11(14)2)15-10-13-6-7-16(15)20-13/h4-5,9,13,15-17,19H,3,6-8,10H2,1-2H3.